The maximum atomic E-state index is 12.9. The summed E-state index contributed by atoms with van der Waals surface area (Å²) in [5, 5.41) is 12.4. The Morgan fingerprint density at radius 2 is 1.96 bits per heavy atom. The van der Waals surface area contributed by atoms with E-state index in [1.54, 1.807) is 27.7 Å². The van der Waals surface area contributed by atoms with E-state index in [-0.39, 0.29) is 13.0 Å². The van der Waals surface area contributed by atoms with Gasteiger partial charge < -0.3 is 24.8 Å². The number of rotatable bonds is 5. The second kappa shape index (κ2) is 8.33. The predicted molar refractivity (Wildman–Crippen MR) is 90.7 cm³/mol. The standard InChI is InChI=1S/C17H28N2O6/c1-7-10(2)13(18-16(23)25-17(3,4)5)14(21)19-9-11(20)8-12(19)15(22)24-6/h7,10-13,20H,1,8-9H2,2-6H3,(H,18,23)/t10-,11-,12+,13+/m1/s1. The van der Waals surface area contributed by atoms with E-state index in [1.165, 1.54) is 18.1 Å². The average Bonchev–Trinajstić information content (AvgIpc) is 2.90. The average molecular weight is 356 g/mol. The molecule has 1 aliphatic rings. The largest absolute Gasteiger partial charge is 0.467 e. The Bertz CT molecular complexity index is 528. The van der Waals surface area contributed by atoms with Gasteiger partial charge in [-0.05, 0) is 20.8 Å². The van der Waals surface area contributed by atoms with Crippen molar-refractivity contribution in [3.63, 3.8) is 0 Å². The number of alkyl carbamates (subject to hydrolysis) is 1. The molecular weight excluding hydrogens is 328 g/mol. The lowest BCUT2D eigenvalue weighted by Gasteiger charge is -2.30. The van der Waals surface area contributed by atoms with Crippen molar-refractivity contribution in [3.8, 4) is 0 Å². The van der Waals surface area contributed by atoms with Crippen molar-refractivity contribution in [3.05, 3.63) is 12.7 Å². The summed E-state index contributed by atoms with van der Waals surface area (Å²) in [4.78, 5) is 38.1. The van der Waals surface area contributed by atoms with Crippen molar-refractivity contribution >= 4 is 18.0 Å². The first-order valence-electron chi connectivity index (χ1n) is 8.18. The molecule has 1 heterocycles. The Hall–Kier alpha value is -2.09. The number of β-amino-alcohol motifs (C(OH)–C–C–N with tert-alkyl or cyclic N) is 1. The number of ether oxygens (including phenoxy) is 2. The summed E-state index contributed by atoms with van der Waals surface area (Å²) in [7, 11) is 1.22. The molecule has 25 heavy (non-hydrogen) atoms. The third-order valence-electron chi connectivity index (χ3n) is 3.87. The van der Waals surface area contributed by atoms with E-state index in [9.17, 15) is 19.5 Å². The van der Waals surface area contributed by atoms with Crippen LogP contribution >= 0.6 is 0 Å². The van der Waals surface area contributed by atoms with Crippen LogP contribution in [0.1, 0.15) is 34.1 Å². The molecule has 8 heteroatoms. The number of likely N-dealkylation sites (tertiary alicyclic amines) is 1. The van der Waals surface area contributed by atoms with Crippen LogP contribution in [0.15, 0.2) is 12.7 Å². The number of nitrogens with one attached hydrogen (secondary N) is 1. The van der Waals surface area contributed by atoms with Crippen LogP contribution in [0.2, 0.25) is 0 Å². The molecule has 0 aromatic heterocycles. The van der Waals surface area contributed by atoms with E-state index in [0.29, 0.717) is 0 Å². The van der Waals surface area contributed by atoms with Gasteiger partial charge in [0, 0.05) is 18.9 Å². The first kappa shape index (κ1) is 21.0. The maximum absolute atomic E-state index is 12.9. The predicted octanol–water partition coefficient (Wildman–Crippen LogP) is 0.837. The summed E-state index contributed by atoms with van der Waals surface area (Å²) in [5.74, 6) is -1.51. The van der Waals surface area contributed by atoms with Crippen molar-refractivity contribution in [2.75, 3.05) is 13.7 Å². The zero-order valence-corrected chi connectivity index (χ0v) is 15.4. The molecule has 2 amide bonds. The fourth-order valence-corrected chi connectivity index (χ4v) is 2.58. The molecule has 2 N–H and O–H groups in total. The molecule has 0 aromatic rings. The number of hydrogen-bond donors (Lipinski definition) is 2. The van der Waals surface area contributed by atoms with Gasteiger partial charge in [-0.3, -0.25) is 4.79 Å². The highest BCUT2D eigenvalue weighted by Crippen LogP contribution is 2.22. The quantitative estimate of drug-likeness (QED) is 0.559. The van der Waals surface area contributed by atoms with E-state index >= 15 is 0 Å². The zero-order chi connectivity index (χ0) is 19.4. The van der Waals surface area contributed by atoms with Crippen molar-refractivity contribution in [1.82, 2.24) is 10.2 Å². The molecule has 1 fully saturated rings. The minimum absolute atomic E-state index is 0.00500. The van der Waals surface area contributed by atoms with Gasteiger partial charge in [0.2, 0.25) is 5.91 Å². The smallest absolute Gasteiger partial charge is 0.408 e. The molecule has 1 saturated heterocycles. The molecule has 0 unspecified atom stereocenters. The Kier molecular flexibility index (Phi) is 6.98. The number of carbonyl (C=O) groups excluding carboxylic acids is 3. The zero-order valence-electron chi connectivity index (χ0n) is 15.4. The summed E-state index contributed by atoms with van der Waals surface area (Å²) in [6.07, 6.45) is 0.0581. The second-order valence-corrected chi connectivity index (χ2v) is 7.14. The molecular formula is C17H28N2O6. The highest BCUT2D eigenvalue weighted by atomic mass is 16.6. The van der Waals surface area contributed by atoms with Crippen LogP contribution in [-0.4, -0.2) is 65.4 Å². The van der Waals surface area contributed by atoms with Gasteiger partial charge in [0.1, 0.15) is 17.7 Å². The van der Waals surface area contributed by atoms with E-state index < -0.39 is 47.7 Å². The third-order valence-corrected chi connectivity index (χ3v) is 3.87. The van der Waals surface area contributed by atoms with Crippen molar-refractivity contribution in [2.45, 2.75) is 57.9 Å². The van der Waals surface area contributed by atoms with Gasteiger partial charge in [0.15, 0.2) is 0 Å². The highest BCUT2D eigenvalue weighted by molar-refractivity contribution is 5.90. The van der Waals surface area contributed by atoms with Gasteiger partial charge in [-0.15, -0.1) is 6.58 Å². The molecule has 1 aliphatic heterocycles. The number of amides is 2. The van der Waals surface area contributed by atoms with Gasteiger partial charge in [0.05, 0.1) is 13.2 Å². The lowest BCUT2D eigenvalue weighted by molar-refractivity contribution is -0.151. The highest BCUT2D eigenvalue weighted by Gasteiger charge is 2.43. The molecule has 8 nitrogen and oxygen atoms in total. The van der Waals surface area contributed by atoms with Crippen LogP contribution < -0.4 is 5.32 Å². The molecule has 1 rings (SSSR count). The first-order chi connectivity index (χ1) is 11.5. The van der Waals surface area contributed by atoms with Crippen molar-refractivity contribution in [1.29, 1.82) is 0 Å². The van der Waals surface area contributed by atoms with Crippen molar-refractivity contribution in [2.24, 2.45) is 5.92 Å². The fourth-order valence-electron chi connectivity index (χ4n) is 2.58. The van der Waals surface area contributed by atoms with Crippen LogP contribution in [0.4, 0.5) is 4.79 Å². The van der Waals surface area contributed by atoms with E-state index in [1.807, 2.05) is 0 Å². The minimum Gasteiger partial charge on any atom is -0.467 e. The molecule has 0 radical (unpaired) electrons. The normalized spacial score (nSPS) is 22.7. The van der Waals surface area contributed by atoms with Gasteiger partial charge >= 0.3 is 12.1 Å². The van der Waals surface area contributed by atoms with E-state index in [0.717, 1.165) is 0 Å². The van der Waals surface area contributed by atoms with Crippen LogP contribution in [0.3, 0.4) is 0 Å². The van der Waals surface area contributed by atoms with E-state index in [2.05, 4.69) is 11.9 Å². The Balaban J connectivity index is 2.98. The van der Waals surface area contributed by atoms with Gasteiger partial charge in [-0.2, -0.15) is 0 Å². The monoisotopic (exact) mass is 356 g/mol. The molecule has 4 atom stereocenters. The molecule has 0 aromatic carbocycles. The van der Waals surface area contributed by atoms with Gasteiger partial charge in [0.25, 0.3) is 0 Å². The number of carbonyl (C=O) groups is 3. The van der Waals surface area contributed by atoms with Gasteiger partial charge in [-0.25, -0.2) is 9.59 Å². The molecule has 0 spiro atoms. The number of methoxy groups -OCH3 is 1. The molecule has 0 saturated carbocycles. The Labute approximate surface area is 148 Å². The molecule has 142 valence electrons. The summed E-state index contributed by atoms with van der Waals surface area (Å²) in [6.45, 7) is 10.5. The summed E-state index contributed by atoms with van der Waals surface area (Å²) >= 11 is 0. The maximum Gasteiger partial charge on any atom is 0.408 e. The summed E-state index contributed by atoms with van der Waals surface area (Å²) in [5.41, 5.74) is -0.715. The van der Waals surface area contributed by atoms with Crippen LogP contribution in [-0.2, 0) is 19.1 Å². The van der Waals surface area contributed by atoms with Crippen LogP contribution in [0.25, 0.3) is 0 Å². The first-order valence-corrected chi connectivity index (χ1v) is 8.18. The third kappa shape index (κ3) is 5.74. The number of hydrogen-bond acceptors (Lipinski definition) is 6. The number of esters is 1. The topological polar surface area (TPSA) is 105 Å². The number of nitrogens with zero attached hydrogens (tertiary/aromatic N) is 1. The summed E-state index contributed by atoms with van der Waals surface area (Å²) in [6, 6.07) is -1.85. The number of aliphatic hydroxyl groups is 1. The fraction of sp³-hybridized carbons (Fsp3) is 0.706. The van der Waals surface area contributed by atoms with Crippen LogP contribution in [0.5, 0.6) is 0 Å². The van der Waals surface area contributed by atoms with Crippen molar-refractivity contribution < 1.29 is 29.0 Å². The lowest BCUT2D eigenvalue weighted by atomic mass is 10.0. The lowest BCUT2D eigenvalue weighted by Crippen LogP contribution is -2.54. The minimum atomic E-state index is -0.968. The number of aliphatic hydroxyl groups excluding tert-OH is 1. The Morgan fingerprint density at radius 3 is 2.44 bits per heavy atom. The van der Waals surface area contributed by atoms with Gasteiger partial charge in [-0.1, -0.05) is 13.0 Å². The molecule has 0 aliphatic carbocycles. The SMILES string of the molecule is C=C[C@@H](C)[C@H](NC(=O)OC(C)(C)C)C(=O)N1C[C@H](O)C[C@H]1C(=O)OC. The van der Waals surface area contributed by atoms with Crippen LogP contribution in [0, 0.1) is 5.92 Å². The molecule has 0 bridgehead atoms. The van der Waals surface area contributed by atoms with E-state index in [4.69, 9.17) is 9.47 Å². The Morgan fingerprint density at radius 1 is 1.36 bits per heavy atom. The summed E-state index contributed by atoms with van der Waals surface area (Å²) < 4.78 is 9.90. The second-order valence-electron chi connectivity index (χ2n) is 7.14.